The van der Waals surface area contributed by atoms with E-state index < -0.39 is 10.0 Å². The molecular weight excluding hydrogens is 264 g/mol. The van der Waals surface area contributed by atoms with Gasteiger partial charge in [-0.25, -0.2) is 8.42 Å². The topological polar surface area (TPSA) is 72.6 Å². The van der Waals surface area contributed by atoms with Crippen molar-refractivity contribution in [3.8, 4) is 0 Å². The van der Waals surface area contributed by atoms with E-state index in [0.29, 0.717) is 25.4 Å². The van der Waals surface area contributed by atoms with Gasteiger partial charge >= 0.3 is 0 Å². The Balaban J connectivity index is 2.23. The van der Waals surface area contributed by atoms with Gasteiger partial charge in [-0.05, 0) is 43.0 Å². The third-order valence-electron chi connectivity index (χ3n) is 3.36. The predicted octanol–water partition coefficient (Wildman–Crippen LogP) is 1.23. The highest BCUT2D eigenvalue weighted by molar-refractivity contribution is 7.89. The van der Waals surface area contributed by atoms with E-state index >= 15 is 0 Å². The molecule has 2 rings (SSSR count). The Bertz CT molecular complexity index is 537. The van der Waals surface area contributed by atoms with Gasteiger partial charge in [0, 0.05) is 25.9 Å². The van der Waals surface area contributed by atoms with E-state index in [2.05, 4.69) is 0 Å². The standard InChI is InChI=1S/C13H20N2O3S/c1-10-5-12(14)7-13(6-10)19(16,17)15-4-3-11(8-15)9-18-2/h5-7,11H,3-4,8-9,14H2,1-2H3. The number of nitrogen functional groups attached to an aromatic ring is 1. The Kier molecular flexibility index (Phi) is 4.13. The molecule has 1 aliphatic heterocycles. The van der Waals surface area contributed by atoms with Crippen LogP contribution in [-0.2, 0) is 14.8 Å². The molecule has 1 aromatic rings. The lowest BCUT2D eigenvalue weighted by Gasteiger charge is -2.17. The molecule has 1 aliphatic rings. The Morgan fingerprint density at radius 3 is 2.79 bits per heavy atom. The van der Waals surface area contributed by atoms with Gasteiger partial charge in [-0.15, -0.1) is 0 Å². The minimum Gasteiger partial charge on any atom is -0.399 e. The van der Waals surface area contributed by atoms with Crippen LogP contribution in [0.2, 0.25) is 0 Å². The molecular formula is C13H20N2O3S. The van der Waals surface area contributed by atoms with Gasteiger partial charge in [0.1, 0.15) is 0 Å². The average molecular weight is 284 g/mol. The van der Waals surface area contributed by atoms with E-state index in [1.54, 1.807) is 19.2 Å². The first kappa shape index (κ1) is 14.3. The molecule has 1 heterocycles. The second-order valence-electron chi connectivity index (χ2n) is 5.05. The molecule has 0 bridgehead atoms. The van der Waals surface area contributed by atoms with Crippen molar-refractivity contribution in [3.05, 3.63) is 23.8 Å². The summed E-state index contributed by atoms with van der Waals surface area (Å²) in [7, 11) is -1.80. The van der Waals surface area contributed by atoms with Gasteiger partial charge in [-0.3, -0.25) is 0 Å². The van der Waals surface area contributed by atoms with Crippen LogP contribution in [0.5, 0.6) is 0 Å². The monoisotopic (exact) mass is 284 g/mol. The normalized spacial score (nSPS) is 20.8. The summed E-state index contributed by atoms with van der Waals surface area (Å²) >= 11 is 0. The van der Waals surface area contributed by atoms with Crippen molar-refractivity contribution in [1.29, 1.82) is 0 Å². The summed E-state index contributed by atoms with van der Waals surface area (Å²) in [6, 6.07) is 4.94. The molecule has 0 radical (unpaired) electrons. The minimum atomic E-state index is -3.44. The van der Waals surface area contributed by atoms with Gasteiger partial charge in [-0.1, -0.05) is 0 Å². The van der Waals surface area contributed by atoms with Crippen LogP contribution in [-0.4, -0.2) is 39.5 Å². The molecule has 0 aromatic heterocycles. The highest BCUT2D eigenvalue weighted by Gasteiger charge is 2.32. The molecule has 0 saturated carbocycles. The first-order valence-corrected chi connectivity index (χ1v) is 7.73. The maximum absolute atomic E-state index is 12.5. The number of aryl methyl sites for hydroxylation is 1. The quantitative estimate of drug-likeness (QED) is 0.844. The van der Waals surface area contributed by atoms with E-state index in [1.165, 1.54) is 10.4 Å². The van der Waals surface area contributed by atoms with E-state index in [0.717, 1.165) is 12.0 Å². The first-order valence-electron chi connectivity index (χ1n) is 6.29. The number of sulfonamides is 1. The van der Waals surface area contributed by atoms with Gasteiger partial charge in [0.05, 0.1) is 11.5 Å². The summed E-state index contributed by atoms with van der Waals surface area (Å²) in [6.45, 7) is 3.50. The maximum atomic E-state index is 12.5. The van der Waals surface area contributed by atoms with Crippen LogP contribution in [0, 0.1) is 12.8 Å². The van der Waals surface area contributed by atoms with Crippen molar-refractivity contribution in [2.24, 2.45) is 5.92 Å². The highest BCUT2D eigenvalue weighted by atomic mass is 32.2. The molecule has 1 aromatic carbocycles. The SMILES string of the molecule is COCC1CCN(S(=O)(=O)c2cc(C)cc(N)c2)C1. The number of hydrogen-bond donors (Lipinski definition) is 1. The van der Waals surface area contributed by atoms with Crippen LogP contribution in [0.3, 0.4) is 0 Å². The van der Waals surface area contributed by atoms with Crippen LogP contribution in [0.15, 0.2) is 23.1 Å². The molecule has 0 amide bonds. The molecule has 1 atom stereocenters. The molecule has 6 heteroatoms. The number of hydrogen-bond acceptors (Lipinski definition) is 4. The number of nitrogens with zero attached hydrogens (tertiary/aromatic N) is 1. The average Bonchev–Trinajstić information content (AvgIpc) is 2.77. The zero-order valence-electron chi connectivity index (χ0n) is 11.3. The Hall–Kier alpha value is -1.11. The number of benzene rings is 1. The lowest BCUT2D eigenvalue weighted by molar-refractivity contribution is 0.157. The largest absolute Gasteiger partial charge is 0.399 e. The summed E-state index contributed by atoms with van der Waals surface area (Å²) in [5.74, 6) is 0.280. The minimum absolute atomic E-state index is 0.280. The van der Waals surface area contributed by atoms with Crippen molar-refractivity contribution < 1.29 is 13.2 Å². The molecule has 0 aliphatic carbocycles. The third-order valence-corrected chi connectivity index (χ3v) is 5.20. The van der Waals surface area contributed by atoms with Gasteiger partial charge in [-0.2, -0.15) is 4.31 Å². The van der Waals surface area contributed by atoms with Crippen LogP contribution in [0.1, 0.15) is 12.0 Å². The second kappa shape index (κ2) is 5.48. The molecule has 1 fully saturated rings. The van der Waals surface area contributed by atoms with Gasteiger partial charge in [0.2, 0.25) is 10.0 Å². The summed E-state index contributed by atoms with van der Waals surface area (Å²) in [4.78, 5) is 0.281. The number of nitrogens with two attached hydrogens (primary N) is 1. The summed E-state index contributed by atoms with van der Waals surface area (Å²) in [6.07, 6.45) is 0.842. The van der Waals surface area contributed by atoms with Crippen molar-refractivity contribution in [2.45, 2.75) is 18.2 Å². The first-order chi connectivity index (χ1) is 8.93. The maximum Gasteiger partial charge on any atom is 0.243 e. The fourth-order valence-electron chi connectivity index (χ4n) is 2.46. The van der Waals surface area contributed by atoms with Gasteiger partial charge < -0.3 is 10.5 Å². The lowest BCUT2D eigenvalue weighted by atomic mass is 10.1. The Morgan fingerprint density at radius 2 is 2.16 bits per heavy atom. The van der Waals surface area contributed by atoms with Crippen molar-refractivity contribution in [2.75, 3.05) is 32.5 Å². The number of rotatable bonds is 4. The zero-order chi connectivity index (χ0) is 14.0. The molecule has 1 saturated heterocycles. The van der Waals surface area contributed by atoms with Crippen LogP contribution in [0.4, 0.5) is 5.69 Å². The van der Waals surface area contributed by atoms with Crippen LogP contribution in [0.25, 0.3) is 0 Å². The Morgan fingerprint density at radius 1 is 1.42 bits per heavy atom. The van der Waals surface area contributed by atoms with Crippen molar-refractivity contribution >= 4 is 15.7 Å². The Labute approximate surface area is 114 Å². The number of methoxy groups -OCH3 is 1. The van der Waals surface area contributed by atoms with Crippen LogP contribution >= 0.6 is 0 Å². The van der Waals surface area contributed by atoms with Crippen LogP contribution < -0.4 is 5.73 Å². The highest BCUT2D eigenvalue weighted by Crippen LogP contribution is 2.26. The van der Waals surface area contributed by atoms with Gasteiger partial charge in [0.25, 0.3) is 0 Å². The molecule has 106 valence electrons. The van der Waals surface area contributed by atoms with E-state index in [9.17, 15) is 8.42 Å². The fraction of sp³-hybridized carbons (Fsp3) is 0.538. The molecule has 2 N–H and O–H groups in total. The van der Waals surface area contributed by atoms with Crippen molar-refractivity contribution in [1.82, 2.24) is 4.31 Å². The van der Waals surface area contributed by atoms with Crippen molar-refractivity contribution in [3.63, 3.8) is 0 Å². The summed E-state index contributed by atoms with van der Waals surface area (Å²) in [5.41, 5.74) is 7.06. The van der Waals surface area contributed by atoms with E-state index in [-0.39, 0.29) is 10.8 Å². The second-order valence-corrected chi connectivity index (χ2v) is 6.99. The molecule has 1 unspecified atom stereocenters. The molecule has 5 nitrogen and oxygen atoms in total. The van der Waals surface area contributed by atoms with E-state index in [4.69, 9.17) is 10.5 Å². The number of anilines is 1. The smallest absolute Gasteiger partial charge is 0.243 e. The fourth-order valence-corrected chi connectivity index (χ4v) is 4.13. The summed E-state index contributed by atoms with van der Waals surface area (Å²) < 4.78 is 31.6. The third kappa shape index (κ3) is 3.08. The molecule has 0 spiro atoms. The lowest BCUT2D eigenvalue weighted by Crippen LogP contribution is -2.29. The summed E-state index contributed by atoms with van der Waals surface area (Å²) in [5, 5.41) is 0. The van der Waals surface area contributed by atoms with E-state index in [1.807, 2.05) is 6.92 Å². The zero-order valence-corrected chi connectivity index (χ0v) is 12.1. The van der Waals surface area contributed by atoms with Gasteiger partial charge in [0.15, 0.2) is 0 Å². The number of ether oxygens (including phenoxy) is 1. The molecule has 19 heavy (non-hydrogen) atoms. The predicted molar refractivity (Wildman–Crippen MR) is 74.3 cm³/mol.